The van der Waals surface area contributed by atoms with Gasteiger partial charge in [-0.15, -0.1) is 0 Å². The molecule has 6 nitrogen and oxygen atoms in total. The van der Waals surface area contributed by atoms with Gasteiger partial charge in [-0.3, -0.25) is 10.6 Å². The molecule has 1 amide bonds. The molecular formula is C14H18N4O2. The minimum absolute atomic E-state index is 0.244. The van der Waals surface area contributed by atoms with Crippen LogP contribution in [0.2, 0.25) is 0 Å². The van der Waals surface area contributed by atoms with Crippen LogP contribution in [0.3, 0.4) is 0 Å². The molecule has 0 atom stereocenters. The molecule has 1 heterocycles. The fourth-order valence-electron chi connectivity index (χ4n) is 1.88. The molecule has 0 radical (unpaired) electrons. The third-order valence-electron chi connectivity index (χ3n) is 2.84. The zero-order chi connectivity index (χ0) is 14.4. The highest BCUT2D eigenvalue weighted by Gasteiger charge is 2.11. The van der Waals surface area contributed by atoms with Crippen LogP contribution in [0.15, 0.2) is 30.3 Å². The van der Waals surface area contributed by atoms with E-state index in [1.54, 1.807) is 6.07 Å². The Labute approximate surface area is 117 Å². The van der Waals surface area contributed by atoms with Gasteiger partial charge in [0.05, 0.1) is 17.8 Å². The van der Waals surface area contributed by atoms with Gasteiger partial charge in [-0.2, -0.15) is 0 Å². The van der Waals surface area contributed by atoms with Crippen LogP contribution in [0.4, 0.5) is 5.69 Å². The monoisotopic (exact) mass is 274 g/mol. The van der Waals surface area contributed by atoms with Crippen molar-refractivity contribution in [3.05, 3.63) is 36.0 Å². The summed E-state index contributed by atoms with van der Waals surface area (Å²) in [6.07, 6.45) is 0. The first-order chi connectivity index (χ1) is 9.76. The molecule has 0 bridgehead atoms. The zero-order valence-electron chi connectivity index (χ0n) is 11.3. The van der Waals surface area contributed by atoms with Gasteiger partial charge in [0.2, 0.25) is 0 Å². The Morgan fingerprint density at radius 3 is 2.95 bits per heavy atom. The maximum atomic E-state index is 12.0. The van der Waals surface area contributed by atoms with E-state index in [1.165, 1.54) is 0 Å². The lowest BCUT2D eigenvalue weighted by molar-refractivity contribution is 0.0918. The van der Waals surface area contributed by atoms with Crippen LogP contribution in [0.5, 0.6) is 0 Å². The first-order valence-electron chi connectivity index (χ1n) is 6.48. The van der Waals surface area contributed by atoms with Crippen molar-refractivity contribution >= 4 is 22.5 Å². The molecule has 4 N–H and O–H groups in total. The average Bonchev–Trinajstić information content (AvgIpc) is 2.50. The average molecular weight is 274 g/mol. The number of nitrogens with two attached hydrogens (primary N) is 1. The third kappa shape index (κ3) is 3.23. The van der Waals surface area contributed by atoms with Gasteiger partial charge < -0.3 is 15.5 Å². The van der Waals surface area contributed by atoms with E-state index in [2.05, 4.69) is 15.7 Å². The molecule has 2 rings (SSSR count). The highest BCUT2D eigenvalue weighted by molar-refractivity contribution is 5.99. The summed E-state index contributed by atoms with van der Waals surface area (Å²) in [6, 6.07) is 9.14. The van der Waals surface area contributed by atoms with Gasteiger partial charge >= 0.3 is 0 Å². The minimum Gasteiger partial charge on any atom is -0.380 e. The van der Waals surface area contributed by atoms with E-state index in [0.29, 0.717) is 31.1 Å². The van der Waals surface area contributed by atoms with Crippen LogP contribution in [-0.4, -0.2) is 30.6 Å². The third-order valence-corrected chi connectivity index (χ3v) is 2.84. The van der Waals surface area contributed by atoms with Crippen LogP contribution in [0, 0.1) is 0 Å². The van der Waals surface area contributed by atoms with Crippen LogP contribution in [-0.2, 0) is 4.74 Å². The number of benzene rings is 1. The standard InChI is InChI=1S/C14H18N4O2/c1-2-20-8-7-16-14(19)13-9-12(18-15)10-5-3-4-6-11(10)17-13/h3-6,9H,2,7-8,15H2,1H3,(H,16,19)(H,17,18). The fourth-order valence-corrected chi connectivity index (χ4v) is 1.88. The Kier molecular flexibility index (Phi) is 4.86. The number of nitrogens with one attached hydrogen (secondary N) is 2. The maximum absolute atomic E-state index is 12.0. The Balaban J connectivity index is 2.19. The highest BCUT2D eigenvalue weighted by Crippen LogP contribution is 2.22. The Morgan fingerprint density at radius 1 is 1.40 bits per heavy atom. The number of nitrogen functional groups attached to an aromatic ring is 1. The van der Waals surface area contributed by atoms with Gasteiger partial charge in [0.1, 0.15) is 5.69 Å². The summed E-state index contributed by atoms with van der Waals surface area (Å²) in [5.74, 6) is 5.25. The van der Waals surface area contributed by atoms with Crippen molar-refractivity contribution in [1.29, 1.82) is 0 Å². The minimum atomic E-state index is -0.244. The molecule has 0 saturated heterocycles. The molecule has 6 heteroatoms. The number of carbonyl (C=O) groups is 1. The van der Waals surface area contributed by atoms with Crippen molar-refractivity contribution in [2.45, 2.75) is 6.92 Å². The highest BCUT2D eigenvalue weighted by atomic mass is 16.5. The van der Waals surface area contributed by atoms with Crippen LogP contribution < -0.4 is 16.6 Å². The summed E-state index contributed by atoms with van der Waals surface area (Å²) >= 11 is 0. The second kappa shape index (κ2) is 6.83. The lowest BCUT2D eigenvalue weighted by Crippen LogP contribution is -2.28. The number of hydrazine groups is 1. The number of hydrogen-bond acceptors (Lipinski definition) is 5. The van der Waals surface area contributed by atoms with Gasteiger partial charge in [-0.05, 0) is 19.1 Å². The van der Waals surface area contributed by atoms with Gasteiger partial charge in [-0.1, -0.05) is 18.2 Å². The van der Waals surface area contributed by atoms with Crippen molar-refractivity contribution in [2.24, 2.45) is 5.84 Å². The molecule has 2 aromatic rings. The lowest BCUT2D eigenvalue weighted by atomic mass is 10.1. The number of para-hydroxylation sites is 1. The van der Waals surface area contributed by atoms with Gasteiger partial charge in [-0.25, -0.2) is 4.98 Å². The van der Waals surface area contributed by atoms with Crippen molar-refractivity contribution in [3.63, 3.8) is 0 Å². The van der Waals surface area contributed by atoms with E-state index in [-0.39, 0.29) is 5.91 Å². The lowest BCUT2D eigenvalue weighted by Gasteiger charge is -2.09. The number of anilines is 1. The quantitative estimate of drug-likeness (QED) is 0.419. The second-order valence-corrected chi connectivity index (χ2v) is 4.17. The number of carbonyl (C=O) groups excluding carboxylic acids is 1. The number of nitrogens with zero attached hydrogens (tertiary/aromatic N) is 1. The number of pyridine rings is 1. The maximum Gasteiger partial charge on any atom is 0.270 e. The van der Waals surface area contributed by atoms with Crippen molar-refractivity contribution in [3.8, 4) is 0 Å². The Bertz CT molecular complexity index is 601. The number of ether oxygens (including phenoxy) is 1. The van der Waals surface area contributed by atoms with E-state index in [4.69, 9.17) is 10.6 Å². The van der Waals surface area contributed by atoms with Gasteiger partial charge in [0.15, 0.2) is 0 Å². The van der Waals surface area contributed by atoms with Crippen LogP contribution >= 0.6 is 0 Å². The molecule has 0 saturated carbocycles. The predicted molar refractivity (Wildman–Crippen MR) is 78.4 cm³/mol. The van der Waals surface area contributed by atoms with E-state index in [0.717, 1.165) is 10.9 Å². The topological polar surface area (TPSA) is 89.3 Å². The SMILES string of the molecule is CCOCCNC(=O)c1cc(NN)c2ccccc2n1. The van der Waals surface area contributed by atoms with E-state index in [1.807, 2.05) is 31.2 Å². The van der Waals surface area contributed by atoms with Crippen molar-refractivity contribution < 1.29 is 9.53 Å². The summed E-state index contributed by atoms with van der Waals surface area (Å²) < 4.78 is 5.17. The molecule has 0 spiro atoms. The predicted octanol–water partition coefficient (Wildman–Crippen LogP) is 1.29. The molecule has 0 unspecified atom stereocenters. The van der Waals surface area contributed by atoms with Crippen LogP contribution in [0.1, 0.15) is 17.4 Å². The Morgan fingerprint density at radius 2 is 2.20 bits per heavy atom. The molecule has 0 aliphatic carbocycles. The molecule has 1 aromatic heterocycles. The second-order valence-electron chi connectivity index (χ2n) is 4.17. The zero-order valence-corrected chi connectivity index (χ0v) is 11.3. The summed E-state index contributed by atoms with van der Waals surface area (Å²) in [5.41, 5.74) is 4.32. The van der Waals surface area contributed by atoms with Gasteiger partial charge in [0, 0.05) is 18.5 Å². The number of hydrogen-bond donors (Lipinski definition) is 3. The Hall–Kier alpha value is -2.18. The van der Waals surface area contributed by atoms with Crippen molar-refractivity contribution in [2.75, 3.05) is 25.2 Å². The number of amides is 1. The van der Waals surface area contributed by atoms with Crippen LogP contribution in [0.25, 0.3) is 10.9 Å². The largest absolute Gasteiger partial charge is 0.380 e. The normalized spacial score (nSPS) is 10.5. The van der Waals surface area contributed by atoms with Crippen molar-refractivity contribution in [1.82, 2.24) is 10.3 Å². The molecule has 20 heavy (non-hydrogen) atoms. The first kappa shape index (κ1) is 14.2. The van der Waals surface area contributed by atoms with Gasteiger partial charge in [0.25, 0.3) is 5.91 Å². The van der Waals surface area contributed by atoms with E-state index < -0.39 is 0 Å². The molecule has 0 aliphatic heterocycles. The number of aromatic nitrogens is 1. The molecule has 0 aliphatic rings. The molecule has 1 aromatic carbocycles. The van der Waals surface area contributed by atoms with E-state index >= 15 is 0 Å². The number of fused-ring (bicyclic) bond motifs is 1. The molecule has 106 valence electrons. The summed E-state index contributed by atoms with van der Waals surface area (Å²) in [6.45, 7) is 3.47. The number of rotatable bonds is 6. The summed E-state index contributed by atoms with van der Waals surface area (Å²) in [7, 11) is 0. The molecule has 0 fully saturated rings. The van der Waals surface area contributed by atoms with E-state index in [9.17, 15) is 4.79 Å². The summed E-state index contributed by atoms with van der Waals surface area (Å²) in [5, 5.41) is 3.63. The fraction of sp³-hybridized carbons (Fsp3) is 0.286. The first-order valence-corrected chi connectivity index (χ1v) is 6.48. The summed E-state index contributed by atoms with van der Waals surface area (Å²) in [4.78, 5) is 16.4. The molecular weight excluding hydrogens is 256 g/mol. The smallest absolute Gasteiger partial charge is 0.270 e.